The molecular formula is C20H19ClFN3O. The van der Waals surface area contributed by atoms with Gasteiger partial charge in [0, 0.05) is 0 Å². The number of aryl methyl sites for hydroxylation is 1. The number of carbonyl (C=O) groups excluding carboxylic acids is 1. The molecule has 1 atom stereocenters. The van der Waals surface area contributed by atoms with E-state index in [1.807, 2.05) is 37.3 Å². The van der Waals surface area contributed by atoms with Gasteiger partial charge in [0.25, 0.3) is 5.91 Å². The second-order valence-corrected chi connectivity index (χ2v) is 6.50. The van der Waals surface area contributed by atoms with Crippen molar-refractivity contribution in [1.29, 1.82) is 0 Å². The number of aromatic nitrogens is 2. The van der Waals surface area contributed by atoms with Gasteiger partial charge in [-0.05, 0) is 37.1 Å². The lowest BCUT2D eigenvalue weighted by atomic mass is 10.1. The van der Waals surface area contributed by atoms with Crippen LogP contribution in [0.4, 0.5) is 4.39 Å². The first-order valence-electron chi connectivity index (χ1n) is 8.29. The predicted molar refractivity (Wildman–Crippen MR) is 99.8 cm³/mol. The van der Waals surface area contributed by atoms with Crippen molar-refractivity contribution in [2.24, 2.45) is 0 Å². The highest BCUT2D eigenvalue weighted by molar-refractivity contribution is 6.33. The highest BCUT2D eigenvalue weighted by Crippen LogP contribution is 2.22. The molecule has 3 aromatic rings. The molecule has 0 saturated heterocycles. The van der Waals surface area contributed by atoms with Gasteiger partial charge in [-0.25, -0.2) is 9.07 Å². The van der Waals surface area contributed by atoms with Crippen LogP contribution in [-0.4, -0.2) is 15.7 Å². The number of nitrogens with one attached hydrogen (secondary N) is 1. The van der Waals surface area contributed by atoms with Crippen molar-refractivity contribution in [2.45, 2.75) is 26.4 Å². The third-order valence-corrected chi connectivity index (χ3v) is 4.57. The van der Waals surface area contributed by atoms with E-state index in [1.165, 1.54) is 12.1 Å². The molecule has 4 nitrogen and oxygen atoms in total. The Balaban J connectivity index is 1.78. The van der Waals surface area contributed by atoms with Gasteiger partial charge in [-0.1, -0.05) is 54.1 Å². The number of rotatable bonds is 5. The van der Waals surface area contributed by atoms with Crippen molar-refractivity contribution in [3.8, 4) is 0 Å². The first-order chi connectivity index (χ1) is 12.5. The number of carbonyl (C=O) groups is 1. The van der Waals surface area contributed by atoms with E-state index in [0.717, 1.165) is 11.1 Å². The fraction of sp³-hybridized carbons (Fsp3) is 0.200. The van der Waals surface area contributed by atoms with Gasteiger partial charge in [0.05, 0.1) is 23.8 Å². The predicted octanol–water partition coefficient (Wildman–Crippen LogP) is 4.52. The minimum absolute atomic E-state index is 0.153. The molecule has 0 aliphatic heterocycles. The van der Waals surface area contributed by atoms with Gasteiger partial charge >= 0.3 is 0 Å². The third-order valence-electron chi connectivity index (χ3n) is 4.19. The molecule has 1 heterocycles. The van der Waals surface area contributed by atoms with E-state index < -0.39 is 0 Å². The van der Waals surface area contributed by atoms with Crippen LogP contribution in [0, 0.1) is 12.7 Å². The fourth-order valence-electron chi connectivity index (χ4n) is 2.77. The molecule has 2 aromatic carbocycles. The Labute approximate surface area is 156 Å². The Hall–Kier alpha value is -2.66. The molecule has 134 valence electrons. The molecule has 26 heavy (non-hydrogen) atoms. The molecule has 1 unspecified atom stereocenters. The largest absolute Gasteiger partial charge is 0.345 e. The molecule has 3 rings (SSSR count). The minimum atomic E-state index is -0.300. The molecule has 1 amide bonds. The number of amides is 1. The number of nitrogens with zero attached hydrogens (tertiary/aromatic N) is 2. The monoisotopic (exact) mass is 371 g/mol. The van der Waals surface area contributed by atoms with Gasteiger partial charge in [0.2, 0.25) is 0 Å². The van der Waals surface area contributed by atoms with Gasteiger partial charge in [-0.3, -0.25) is 4.79 Å². The van der Waals surface area contributed by atoms with Crippen LogP contribution in [0.2, 0.25) is 5.15 Å². The molecule has 0 fully saturated rings. The second-order valence-electron chi connectivity index (χ2n) is 6.14. The smallest absolute Gasteiger partial charge is 0.256 e. The van der Waals surface area contributed by atoms with E-state index in [9.17, 15) is 9.18 Å². The van der Waals surface area contributed by atoms with E-state index in [4.69, 9.17) is 11.6 Å². The number of hydrogen-bond acceptors (Lipinski definition) is 2. The van der Waals surface area contributed by atoms with E-state index in [-0.39, 0.29) is 22.9 Å². The second kappa shape index (κ2) is 7.70. The lowest BCUT2D eigenvalue weighted by molar-refractivity contribution is 0.0939. The van der Waals surface area contributed by atoms with Crippen LogP contribution < -0.4 is 5.32 Å². The molecule has 0 radical (unpaired) electrons. The molecule has 0 aliphatic carbocycles. The Morgan fingerprint density at radius 3 is 2.50 bits per heavy atom. The number of benzene rings is 2. The normalized spacial score (nSPS) is 12.0. The molecule has 1 N–H and O–H groups in total. The summed E-state index contributed by atoms with van der Waals surface area (Å²) in [5.41, 5.74) is 2.76. The SMILES string of the molecule is Cc1nn(Cc2ccc(F)cc2)c(Cl)c1C(=O)NC(C)c1ccccc1. The van der Waals surface area contributed by atoms with Crippen molar-refractivity contribution in [2.75, 3.05) is 0 Å². The highest BCUT2D eigenvalue weighted by Gasteiger charge is 2.22. The van der Waals surface area contributed by atoms with E-state index in [0.29, 0.717) is 17.8 Å². The van der Waals surface area contributed by atoms with Gasteiger partial charge in [-0.15, -0.1) is 0 Å². The zero-order valence-electron chi connectivity index (χ0n) is 14.5. The van der Waals surface area contributed by atoms with Crippen LogP contribution >= 0.6 is 11.6 Å². The van der Waals surface area contributed by atoms with Crippen LogP contribution in [0.3, 0.4) is 0 Å². The number of hydrogen-bond donors (Lipinski definition) is 1. The standard InChI is InChI=1S/C20H19ClFN3O/c1-13(16-6-4-3-5-7-16)23-20(26)18-14(2)24-25(19(18)21)12-15-8-10-17(22)11-9-15/h3-11,13H,12H2,1-2H3,(H,23,26). The van der Waals surface area contributed by atoms with Crippen molar-refractivity contribution < 1.29 is 9.18 Å². The quantitative estimate of drug-likeness (QED) is 0.716. The summed E-state index contributed by atoms with van der Waals surface area (Å²) in [5, 5.41) is 7.58. The van der Waals surface area contributed by atoms with Crippen LogP contribution in [0.5, 0.6) is 0 Å². The zero-order chi connectivity index (χ0) is 18.7. The average molecular weight is 372 g/mol. The molecule has 0 bridgehead atoms. The Morgan fingerprint density at radius 2 is 1.85 bits per heavy atom. The Morgan fingerprint density at radius 1 is 1.19 bits per heavy atom. The maximum absolute atomic E-state index is 13.0. The topological polar surface area (TPSA) is 46.9 Å². The summed E-state index contributed by atoms with van der Waals surface area (Å²) in [6.45, 7) is 4.02. The van der Waals surface area contributed by atoms with Crippen LogP contribution in [0.1, 0.15) is 40.1 Å². The summed E-state index contributed by atoms with van der Waals surface area (Å²) >= 11 is 6.40. The maximum Gasteiger partial charge on any atom is 0.256 e. The molecular weight excluding hydrogens is 353 g/mol. The highest BCUT2D eigenvalue weighted by atomic mass is 35.5. The number of halogens is 2. The molecule has 1 aromatic heterocycles. The van der Waals surface area contributed by atoms with Crippen molar-refractivity contribution >= 4 is 17.5 Å². The van der Waals surface area contributed by atoms with Crippen LogP contribution in [0.25, 0.3) is 0 Å². The third kappa shape index (κ3) is 3.94. The minimum Gasteiger partial charge on any atom is -0.345 e. The van der Waals surface area contributed by atoms with Gasteiger partial charge < -0.3 is 5.32 Å². The van der Waals surface area contributed by atoms with Gasteiger partial charge in [0.15, 0.2) is 0 Å². The Kier molecular flexibility index (Phi) is 5.38. The van der Waals surface area contributed by atoms with E-state index >= 15 is 0 Å². The van der Waals surface area contributed by atoms with E-state index in [2.05, 4.69) is 10.4 Å². The summed E-state index contributed by atoms with van der Waals surface area (Å²) in [6.07, 6.45) is 0. The van der Waals surface area contributed by atoms with Gasteiger partial charge in [-0.2, -0.15) is 5.10 Å². The summed E-state index contributed by atoms with van der Waals surface area (Å²) < 4.78 is 14.6. The molecule has 0 saturated carbocycles. The van der Waals surface area contributed by atoms with Gasteiger partial charge in [0.1, 0.15) is 11.0 Å². The lowest BCUT2D eigenvalue weighted by Crippen LogP contribution is -2.27. The first kappa shape index (κ1) is 18.1. The maximum atomic E-state index is 13.0. The van der Waals surface area contributed by atoms with Crippen LogP contribution in [0.15, 0.2) is 54.6 Å². The zero-order valence-corrected chi connectivity index (χ0v) is 15.3. The molecule has 0 spiro atoms. The van der Waals surface area contributed by atoms with Crippen molar-refractivity contribution in [3.63, 3.8) is 0 Å². The molecule has 0 aliphatic rings. The van der Waals surface area contributed by atoms with Crippen molar-refractivity contribution in [3.05, 3.63) is 88.0 Å². The Bertz CT molecular complexity index is 907. The summed E-state index contributed by atoms with van der Waals surface area (Å²) in [6, 6.07) is 15.6. The summed E-state index contributed by atoms with van der Waals surface area (Å²) in [5.74, 6) is -0.569. The fourth-order valence-corrected chi connectivity index (χ4v) is 3.09. The summed E-state index contributed by atoms with van der Waals surface area (Å²) in [7, 11) is 0. The lowest BCUT2D eigenvalue weighted by Gasteiger charge is -2.14. The van der Waals surface area contributed by atoms with Crippen LogP contribution in [-0.2, 0) is 6.54 Å². The van der Waals surface area contributed by atoms with E-state index in [1.54, 1.807) is 23.7 Å². The molecule has 6 heteroatoms. The van der Waals surface area contributed by atoms with Crippen molar-refractivity contribution in [1.82, 2.24) is 15.1 Å². The summed E-state index contributed by atoms with van der Waals surface area (Å²) in [4.78, 5) is 12.7. The first-order valence-corrected chi connectivity index (χ1v) is 8.66. The average Bonchev–Trinajstić information content (AvgIpc) is 2.91.